The van der Waals surface area contributed by atoms with Crippen LogP contribution in [0.3, 0.4) is 0 Å². The number of nitrogens with one attached hydrogen (secondary N) is 2. The van der Waals surface area contributed by atoms with Crippen molar-refractivity contribution in [1.29, 1.82) is 0 Å². The number of hydrogen-bond acceptors (Lipinski definition) is 2. The number of amides is 1. The number of rotatable bonds is 2. The molecule has 106 valence electrons. The summed E-state index contributed by atoms with van der Waals surface area (Å²) in [5.41, 5.74) is 3.78. The zero-order valence-electron chi connectivity index (χ0n) is 12.7. The molecule has 0 spiro atoms. The number of H-pyrrole nitrogens is 1. The molecule has 0 atom stereocenters. The number of aromatic amines is 1. The van der Waals surface area contributed by atoms with Gasteiger partial charge in [-0.2, -0.15) is 5.10 Å². The highest BCUT2D eigenvalue weighted by Gasteiger charge is 2.17. The molecule has 0 radical (unpaired) electrons. The molecule has 1 amide bonds. The number of benzene rings is 1. The summed E-state index contributed by atoms with van der Waals surface area (Å²) in [4.78, 5) is 12.2. The molecule has 0 bridgehead atoms. The van der Waals surface area contributed by atoms with E-state index in [9.17, 15) is 4.79 Å². The van der Waals surface area contributed by atoms with E-state index in [0.717, 1.165) is 16.8 Å². The van der Waals surface area contributed by atoms with Crippen LogP contribution in [-0.2, 0) is 5.41 Å². The van der Waals surface area contributed by atoms with Crippen LogP contribution in [-0.4, -0.2) is 16.1 Å². The minimum absolute atomic E-state index is 0.0180. The van der Waals surface area contributed by atoms with Gasteiger partial charge in [0.05, 0.1) is 0 Å². The average molecular weight is 271 g/mol. The zero-order valence-corrected chi connectivity index (χ0v) is 12.7. The lowest BCUT2D eigenvalue weighted by Crippen LogP contribution is -2.13. The third-order valence-electron chi connectivity index (χ3n) is 3.11. The molecule has 20 heavy (non-hydrogen) atoms. The quantitative estimate of drug-likeness (QED) is 0.877. The van der Waals surface area contributed by atoms with Crippen molar-refractivity contribution >= 4 is 11.7 Å². The van der Waals surface area contributed by atoms with Crippen LogP contribution in [0.25, 0.3) is 0 Å². The second-order valence-electron chi connectivity index (χ2n) is 6.25. The molecule has 4 nitrogen and oxygen atoms in total. The summed E-state index contributed by atoms with van der Waals surface area (Å²) in [6.45, 7) is 10.2. The van der Waals surface area contributed by atoms with Gasteiger partial charge >= 0.3 is 0 Å². The zero-order chi connectivity index (χ0) is 14.9. The highest BCUT2D eigenvalue weighted by Crippen LogP contribution is 2.22. The predicted octanol–water partition coefficient (Wildman–Crippen LogP) is 3.58. The lowest BCUT2D eigenvalue weighted by atomic mass is 9.92. The first-order chi connectivity index (χ1) is 9.25. The first-order valence-corrected chi connectivity index (χ1v) is 6.71. The Morgan fingerprint density at radius 3 is 2.20 bits per heavy atom. The number of nitrogens with zero attached hydrogens (tertiary/aromatic N) is 1. The van der Waals surface area contributed by atoms with Crippen molar-refractivity contribution in [3.05, 3.63) is 46.6 Å². The van der Waals surface area contributed by atoms with Gasteiger partial charge in [-0.1, -0.05) is 38.0 Å². The van der Waals surface area contributed by atoms with Crippen molar-refractivity contribution in [3.63, 3.8) is 0 Å². The molecule has 0 unspecified atom stereocenters. The van der Waals surface area contributed by atoms with Gasteiger partial charge in [0.2, 0.25) is 0 Å². The molecule has 2 aromatic rings. The molecule has 0 aliphatic heterocycles. The average Bonchev–Trinajstić information content (AvgIpc) is 2.75. The summed E-state index contributed by atoms with van der Waals surface area (Å²) in [5, 5.41) is 9.92. The standard InChI is InChI=1S/C16H21N3O/c1-10-6-11(2)8-12(7-10)15(20)17-14-9-13(18-19-14)16(3,4)5/h6-9H,1-5H3,(H2,17,18,19,20). The molecule has 0 aliphatic rings. The fraction of sp³-hybridized carbons (Fsp3) is 0.375. The van der Waals surface area contributed by atoms with Crippen LogP contribution in [0.1, 0.15) is 48.0 Å². The van der Waals surface area contributed by atoms with E-state index in [0.29, 0.717) is 11.4 Å². The minimum Gasteiger partial charge on any atom is -0.305 e. The van der Waals surface area contributed by atoms with E-state index in [2.05, 4.69) is 36.3 Å². The van der Waals surface area contributed by atoms with E-state index < -0.39 is 0 Å². The lowest BCUT2D eigenvalue weighted by Gasteiger charge is -2.14. The Morgan fingerprint density at radius 2 is 1.70 bits per heavy atom. The second-order valence-corrected chi connectivity index (χ2v) is 6.25. The Kier molecular flexibility index (Phi) is 3.66. The van der Waals surface area contributed by atoms with Gasteiger partial charge in [0.25, 0.3) is 5.91 Å². The predicted molar refractivity (Wildman–Crippen MR) is 81.2 cm³/mol. The van der Waals surface area contributed by atoms with E-state index in [4.69, 9.17) is 0 Å². The van der Waals surface area contributed by atoms with Crippen LogP contribution in [0.15, 0.2) is 24.3 Å². The van der Waals surface area contributed by atoms with E-state index in [1.807, 2.05) is 38.1 Å². The summed E-state index contributed by atoms with van der Waals surface area (Å²) >= 11 is 0. The number of hydrogen-bond donors (Lipinski definition) is 2. The fourth-order valence-electron chi connectivity index (χ4n) is 2.06. The smallest absolute Gasteiger partial charge is 0.256 e. The van der Waals surface area contributed by atoms with E-state index in [-0.39, 0.29) is 11.3 Å². The Hall–Kier alpha value is -2.10. The maximum Gasteiger partial charge on any atom is 0.256 e. The number of anilines is 1. The van der Waals surface area contributed by atoms with Gasteiger partial charge in [0, 0.05) is 22.7 Å². The van der Waals surface area contributed by atoms with Gasteiger partial charge < -0.3 is 5.32 Å². The molecular formula is C16H21N3O. The molecular weight excluding hydrogens is 250 g/mol. The SMILES string of the molecule is Cc1cc(C)cc(C(=O)Nc2cc(C(C)(C)C)[nH]n2)c1. The van der Waals surface area contributed by atoms with E-state index in [1.165, 1.54) is 0 Å². The van der Waals surface area contributed by atoms with Gasteiger partial charge in [-0.05, 0) is 26.0 Å². The summed E-state index contributed by atoms with van der Waals surface area (Å²) in [7, 11) is 0. The maximum absolute atomic E-state index is 12.2. The maximum atomic E-state index is 12.2. The van der Waals surface area contributed by atoms with Crippen molar-refractivity contribution in [2.75, 3.05) is 5.32 Å². The van der Waals surface area contributed by atoms with Gasteiger partial charge in [-0.3, -0.25) is 9.89 Å². The van der Waals surface area contributed by atoms with Crippen LogP contribution in [0.4, 0.5) is 5.82 Å². The molecule has 1 aromatic carbocycles. The highest BCUT2D eigenvalue weighted by atomic mass is 16.1. The van der Waals surface area contributed by atoms with Crippen molar-refractivity contribution in [2.45, 2.75) is 40.0 Å². The fourth-order valence-corrected chi connectivity index (χ4v) is 2.06. The monoisotopic (exact) mass is 271 g/mol. The molecule has 0 aliphatic carbocycles. The molecule has 2 N–H and O–H groups in total. The molecule has 0 saturated carbocycles. The largest absolute Gasteiger partial charge is 0.305 e. The van der Waals surface area contributed by atoms with Crippen LogP contribution in [0.2, 0.25) is 0 Å². The molecule has 1 heterocycles. The lowest BCUT2D eigenvalue weighted by molar-refractivity contribution is 0.102. The highest BCUT2D eigenvalue weighted by molar-refractivity contribution is 6.04. The molecule has 4 heteroatoms. The van der Waals surface area contributed by atoms with Gasteiger partial charge in [-0.15, -0.1) is 0 Å². The normalized spacial score (nSPS) is 11.4. The number of carbonyl (C=O) groups is 1. The number of aryl methyl sites for hydroxylation is 2. The Balaban J connectivity index is 2.17. The van der Waals surface area contributed by atoms with Gasteiger partial charge in [0.1, 0.15) is 0 Å². The van der Waals surface area contributed by atoms with Crippen LogP contribution in [0.5, 0.6) is 0 Å². The van der Waals surface area contributed by atoms with Gasteiger partial charge in [0.15, 0.2) is 5.82 Å². The van der Waals surface area contributed by atoms with Gasteiger partial charge in [-0.25, -0.2) is 0 Å². The van der Waals surface area contributed by atoms with Crippen LogP contribution in [0, 0.1) is 13.8 Å². The third kappa shape index (κ3) is 3.26. The van der Waals surface area contributed by atoms with Crippen LogP contribution < -0.4 is 5.32 Å². The molecule has 1 aromatic heterocycles. The van der Waals surface area contributed by atoms with Crippen molar-refractivity contribution in [1.82, 2.24) is 10.2 Å². The summed E-state index contributed by atoms with van der Waals surface area (Å²) in [6, 6.07) is 7.67. The molecule has 2 rings (SSSR count). The second kappa shape index (κ2) is 5.12. The molecule has 0 fully saturated rings. The summed E-state index contributed by atoms with van der Waals surface area (Å²) in [5.74, 6) is 0.419. The molecule has 0 saturated heterocycles. The summed E-state index contributed by atoms with van der Waals surface area (Å²) in [6.07, 6.45) is 0. The number of aromatic nitrogens is 2. The van der Waals surface area contributed by atoms with E-state index in [1.54, 1.807) is 0 Å². The van der Waals surface area contributed by atoms with Crippen molar-refractivity contribution in [3.8, 4) is 0 Å². The first-order valence-electron chi connectivity index (χ1n) is 6.71. The van der Waals surface area contributed by atoms with E-state index >= 15 is 0 Å². The first kappa shape index (κ1) is 14.3. The Morgan fingerprint density at radius 1 is 1.10 bits per heavy atom. The van der Waals surface area contributed by atoms with Crippen LogP contribution >= 0.6 is 0 Å². The third-order valence-corrected chi connectivity index (χ3v) is 3.11. The minimum atomic E-state index is -0.135. The number of carbonyl (C=O) groups excluding carboxylic acids is 1. The topological polar surface area (TPSA) is 57.8 Å². The van der Waals surface area contributed by atoms with Crippen molar-refractivity contribution < 1.29 is 4.79 Å². The Labute approximate surface area is 119 Å². The van der Waals surface area contributed by atoms with Crippen molar-refractivity contribution in [2.24, 2.45) is 0 Å². The Bertz CT molecular complexity index is 615. The summed E-state index contributed by atoms with van der Waals surface area (Å²) < 4.78 is 0.